The van der Waals surface area contributed by atoms with Gasteiger partial charge < -0.3 is 20.4 Å². The van der Waals surface area contributed by atoms with E-state index in [9.17, 15) is 30.0 Å². The van der Waals surface area contributed by atoms with Crippen LogP contribution in [0.5, 0.6) is 11.5 Å². The van der Waals surface area contributed by atoms with Crippen molar-refractivity contribution >= 4 is 17.3 Å². The summed E-state index contributed by atoms with van der Waals surface area (Å²) in [6, 6.07) is 2.05. The number of phenolic OH excluding ortho intramolecular Hbond substituents is 2. The first kappa shape index (κ1) is 16.0. The van der Waals surface area contributed by atoms with Crippen molar-refractivity contribution in [2.24, 2.45) is 0 Å². The first-order chi connectivity index (χ1) is 10.3. The smallest absolute Gasteiger partial charge is 0.234 e. The zero-order valence-electron chi connectivity index (χ0n) is 12.2. The summed E-state index contributed by atoms with van der Waals surface area (Å²) in [5, 5.41) is 38.6. The number of aliphatic hydroxyl groups is 2. The Kier molecular flexibility index (Phi) is 4.51. The molecule has 22 heavy (non-hydrogen) atoms. The summed E-state index contributed by atoms with van der Waals surface area (Å²) in [6.07, 6.45) is 1.47. The van der Waals surface area contributed by atoms with Gasteiger partial charge in [0.05, 0.1) is 11.7 Å². The van der Waals surface area contributed by atoms with E-state index in [0.717, 1.165) is 12.1 Å². The summed E-state index contributed by atoms with van der Waals surface area (Å²) in [5.41, 5.74) is -0.357. The lowest BCUT2D eigenvalue weighted by Crippen LogP contribution is -2.24. The molecule has 1 unspecified atom stereocenters. The van der Waals surface area contributed by atoms with Crippen LogP contribution in [0, 0.1) is 0 Å². The Morgan fingerprint density at radius 3 is 2.36 bits per heavy atom. The highest BCUT2D eigenvalue weighted by Gasteiger charge is 2.34. The zero-order chi connectivity index (χ0) is 16.4. The number of ketones is 2. The Bertz CT molecular complexity index is 657. The molecule has 1 aliphatic rings. The quantitative estimate of drug-likeness (QED) is 0.489. The highest BCUT2D eigenvalue weighted by molar-refractivity contribution is 6.52. The number of benzene rings is 1. The van der Waals surface area contributed by atoms with Gasteiger partial charge in [0.15, 0.2) is 0 Å². The molecule has 0 saturated carbocycles. The summed E-state index contributed by atoms with van der Waals surface area (Å²) >= 11 is 0. The normalized spacial score (nSPS) is 15.9. The van der Waals surface area contributed by atoms with Crippen LogP contribution >= 0.6 is 0 Å². The third-order valence-corrected chi connectivity index (χ3v) is 3.65. The minimum Gasteiger partial charge on any atom is -0.508 e. The fourth-order valence-corrected chi connectivity index (χ4v) is 2.53. The highest BCUT2D eigenvalue weighted by Crippen LogP contribution is 2.38. The summed E-state index contributed by atoms with van der Waals surface area (Å²) in [5.74, 6) is -2.91. The van der Waals surface area contributed by atoms with Crippen LogP contribution in [-0.4, -0.2) is 38.1 Å². The predicted molar refractivity (Wildman–Crippen MR) is 78.8 cm³/mol. The second-order valence-corrected chi connectivity index (χ2v) is 5.47. The zero-order valence-corrected chi connectivity index (χ0v) is 12.2. The topological polar surface area (TPSA) is 115 Å². The number of hydrogen-bond donors (Lipinski definition) is 4. The lowest BCUT2D eigenvalue weighted by molar-refractivity contribution is -0.112. The molecule has 1 aliphatic carbocycles. The molecule has 0 radical (unpaired) electrons. The lowest BCUT2D eigenvalue weighted by atomic mass is 9.85. The van der Waals surface area contributed by atoms with Crippen LogP contribution in [0.3, 0.4) is 0 Å². The average Bonchev–Trinajstić information content (AvgIpc) is 2.43. The standard InChI is InChI=1S/C16H18O6/c1-8(17)4-2-3-5-10-14(20)13-11(16(22)15(10)21)6-9(18)7-12(13)19/h6-8,17-20H,2-5H2,1H3. The maximum absolute atomic E-state index is 12.1. The molecule has 0 aliphatic heterocycles. The maximum Gasteiger partial charge on any atom is 0.234 e. The van der Waals surface area contributed by atoms with Crippen molar-refractivity contribution in [3.8, 4) is 11.5 Å². The molecule has 0 heterocycles. The number of carbonyl (C=O) groups excluding carboxylic acids is 2. The number of rotatable bonds is 5. The molecule has 2 rings (SSSR count). The van der Waals surface area contributed by atoms with Gasteiger partial charge in [-0.05, 0) is 32.3 Å². The molecule has 0 bridgehead atoms. The molecule has 6 nitrogen and oxygen atoms in total. The van der Waals surface area contributed by atoms with E-state index >= 15 is 0 Å². The molecule has 0 spiro atoms. The van der Waals surface area contributed by atoms with Crippen LogP contribution in [0.25, 0.3) is 5.76 Å². The molecular weight excluding hydrogens is 288 g/mol. The number of hydrogen-bond acceptors (Lipinski definition) is 6. The van der Waals surface area contributed by atoms with E-state index in [4.69, 9.17) is 0 Å². The van der Waals surface area contributed by atoms with E-state index in [1.54, 1.807) is 6.92 Å². The molecule has 1 aromatic carbocycles. The largest absolute Gasteiger partial charge is 0.508 e. The van der Waals surface area contributed by atoms with E-state index in [1.165, 1.54) is 0 Å². The number of Topliss-reactive ketones (excluding diaryl/α,β-unsaturated/α-hetero) is 2. The Morgan fingerprint density at radius 2 is 1.73 bits per heavy atom. The highest BCUT2D eigenvalue weighted by atomic mass is 16.3. The van der Waals surface area contributed by atoms with Gasteiger partial charge in [-0.3, -0.25) is 9.59 Å². The fraction of sp³-hybridized carbons (Fsp3) is 0.375. The third kappa shape index (κ3) is 2.96. The second kappa shape index (κ2) is 6.19. The molecule has 0 saturated heterocycles. The van der Waals surface area contributed by atoms with E-state index < -0.39 is 29.2 Å². The molecular formula is C16H18O6. The van der Waals surface area contributed by atoms with Crippen molar-refractivity contribution in [2.45, 2.75) is 38.7 Å². The van der Waals surface area contributed by atoms with Crippen LogP contribution in [-0.2, 0) is 4.79 Å². The summed E-state index contributed by atoms with van der Waals surface area (Å²) in [7, 11) is 0. The Labute approximate surface area is 127 Å². The monoisotopic (exact) mass is 306 g/mol. The van der Waals surface area contributed by atoms with Crippen LogP contribution in [0.15, 0.2) is 17.7 Å². The Hall–Kier alpha value is -2.34. The van der Waals surface area contributed by atoms with Crippen LogP contribution in [0.2, 0.25) is 0 Å². The average molecular weight is 306 g/mol. The number of unbranched alkanes of at least 4 members (excludes halogenated alkanes) is 1. The fourth-order valence-electron chi connectivity index (χ4n) is 2.53. The van der Waals surface area contributed by atoms with E-state index in [-0.39, 0.29) is 28.9 Å². The van der Waals surface area contributed by atoms with Crippen molar-refractivity contribution in [1.82, 2.24) is 0 Å². The maximum atomic E-state index is 12.1. The van der Waals surface area contributed by atoms with Gasteiger partial charge in [0, 0.05) is 17.2 Å². The van der Waals surface area contributed by atoms with Gasteiger partial charge in [-0.1, -0.05) is 6.42 Å². The minimum atomic E-state index is -0.857. The van der Waals surface area contributed by atoms with Gasteiger partial charge in [-0.15, -0.1) is 0 Å². The first-order valence-corrected chi connectivity index (χ1v) is 7.08. The Morgan fingerprint density at radius 1 is 1.05 bits per heavy atom. The van der Waals surface area contributed by atoms with Crippen molar-refractivity contribution in [3.05, 3.63) is 28.8 Å². The number of carbonyl (C=O) groups is 2. The molecule has 0 amide bonds. The SMILES string of the molecule is CC(O)CCCCC1=C(O)c2c(O)cc(O)cc2C(=O)C1=O. The number of phenols is 2. The number of aromatic hydroxyl groups is 2. The summed E-state index contributed by atoms with van der Waals surface area (Å²) in [4.78, 5) is 24.1. The summed E-state index contributed by atoms with van der Waals surface area (Å²) < 4.78 is 0. The predicted octanol–water partition coefficient (Wildman–Crippen LogP) is 2.07. The van der Waals surface area contributed by atoms with Gasteiger partial charge >= 0.3 is 0 Å². The van der Waals surface area contributed by atoms with Crippen molar-refractivity contribution < 1.29 is 30.0 Å². The first-order valence-electron chi connectivity index (χ1n) is 7.08. The van der Waals surface area contributed by atoms with Crippen molar-refractivity contribution in [1.29, 1.82) is 0 Å². The molecule has 1 aromatic rings. The number of allylic oxidation sites excluding steroid dienone is 1. The van der Waals surface area contributed by atoms with E-state index in [2.05, 4.69) is 0 Å². The van der Waals surface area contributed by atoms with Gasteiger partial charge in [0.2, 0.25) is 11.6 Å². The summed E-state index contributed by atoms with van der Waals surface area (Å²) in [6.45, 7) is 1.66. The van der Waals surface area contributed by atoms with Gasteiger partial charge in [0.25, 0.3) is 0 Å². The number of aliphatic hydroxyl groups excluding tert-OH is 2. The van der Waals surface area contributed by atoms with Crippen molar-refractivity contribution in [3.63, 3.8) is 0 Å². The molecule has 118 valence electrons. The molecule has 0 aromatic heterocycles. The van der Waals surface area contributed by atoms with Gasteiger partial charge in [0.1, 0.15) is 17.3 Å². The number of fused-ring (bicyclic) bond motifs is 1. The lowest BCUT2D eigenvalue weighted by Gasteiger charge is -2.19. The molecule has 0 fully saturated rings. The van der Waals surface area contributed by atoms with Crippen LogP contribution in [0.1, 0.15) is 48.5 Å². The second-order valence-electron chi connectivity index (χ2n) is 5.47. The van der Waals surface area contributed by atoms with Crippen molar-refractivity contribution in [2.75, 3.05) is 0 Å². The van der Waals surface area contributed by atoms with Crippen LogP contribution < -0.4 is 0 Å². The van der Waals surface area contributed by atoms with Gasteiger partial charge in [-0.25, -0.2) is 0 Å². The molecule has 1 atom stereocenters. The minimum absolute atomic E-state index is 0.0379. The molecule has 4 N–H and O–H groups in total. The third-order valence-electron chi connectivity index (χ3n) is 3.65. The van der Waals surface area contributed by atoms with E-state index in [0.29, 0.717) is 19.3 Å². The van der Waals surface area contributed by atoms with Gasteiger partial charge in [-0.2, -0.15) is 0 Å². The molecule has 6 heteroatoms. The van der Waals surface area contributed by atoms with Crippen LogP contribution in [0.4, 0.5) is 0 Å². The Balaban J connectivity index is 2.33. The van der Waals surface area contributed by atoms with E-state index in [1.807, 2.05) is 0 Å².